The molecule has 3 rings (SSSR count). The number of carbonyl (C=O) groups excluding carboxylic acids is 1. The summed E-state index contributed by atoms with van der Waals surface area (Å²) in [6.45, 7) is 7.40. The van der Waals surface area contributed by atoms with E-state index in [9.17, 15) is 4.79 Å². The van der Waals surface area contributed by atoms with Gasteiger partial charge in [-0.05, 0) is 55.7 Å². The molecule has 1 aliphatic carbocycles. The van der Waals surface area contributed by atoms with Crippen molar-refractivity contribution in [1.82, 2.24) is 14.9 Å². The van der Waals surface area contributed by atoms with Gasteiger partial charge in [-0.3, -0.25) is 0 Å². The number of hydrogen-bond donors (Lipinski definition) is 2. The lowest BCUT2D eigenvalue weighted by atomic mass is 9.69. The molecule has 5 heteroatoms. The van der Waals surface area contributed by atoms with Crippen LogP contribution < -0.4 is 10.6 Å². The lowest BCUT2D eigenvalue weighted by molar-refractivity contribution is 0.147. The molecule has 2 N–H and O–H groups in total. The van der Waals surface area contributed by atoms with Crippen LogP contribution in [0.25, 0.3) is 5.69 Å². The van der Waals surface area contributed by atoms with E-state index in [1.54, 1.807) is 6.20 Å². The molecule has 1 saturated carbocycles. The fraction of sp³-hybridized carbons (Fsp3) is 0.545. The minimum Gasteiger partial charge on any atom is -0.338 e. The topological polar surface area (TPSA) is 59.0 Å². The highest BCUT2D eigenvalue weighted by Crippen LogP contribution is 2.42. The highest BCUT2D eigenvalue weighted by atomic mass is 16.2. The van der Waals surface area contributed by atoms with Gasteiger partial charge >= 0.3 is 6.03 Å². The fourth-order valence-electron chi connectivity index (χ4n) is 4.24. The van der Waals surface area contributed by atoms with Crippen LogP contribution in [0.4, 0.5) is 10.5 Å². The van der Waals surface area contributed by atoms with Crippen molar-refractivity contribution < 1.29 is 4.79 Å². The van der Waals surface area contributed by atoms with E-state index in [0.717, 1.165) is 36.1 Å². The maximum absolute atomic E-state index is 12.3. The number of nitrogens with one attached hydrogen (secondary N) is 2. The zero-order valence-corrected chi connectivity index (χ0v) is 16.8. The largest absolute Gasteiger partial charge is 0.338 e. The van der Waals surface area contributed by atoms with Crippen LogP contribution in [0.5, 0.6) is 0 Å². The van der Waals surface area contributed by atoms with Crippen LogP contribution >= 0.6 is 0 Å². The lowest BCUT2D eigenvalue weighted by Gasteiger charge is -2.37. The van der Waals surface area contributed by atoms with Crippen LogP contribution in [0.1, 0.15) is 58.2 Å². The molecule has 1 heterocycles. The molecule has 1 aliphatic rings. The highest BCUT2D eigenvalue weighted by Gasteiger charge is 2.30. The number of rotatable bonds is 6. The second-order valence-corrected chi connectivity index (χ2v) is 8.19. The molecule has 27 heavy (non-hydrogen) atoms. The van der Waals surface area contributed by atoms with E-state index in [1.165, 1.54) is 32.1 Å². The lowest BCUT2D eigenvalue weighted by Crippen LogP contribution is -2.32. The van der Waals surface area contributed by atoms with Crippen LogP contribution in [-0.4, -0.2) is 22.1 Å². The number of aromatic nitrogens is 2. The SMILES string of the molecule is CCC1(C)CCCC(CCNC(=O)Nc2cccc(-n3ccnc3C)c2)C1. The first-order chi connectivity index (χ1) is 13.0. The first kappa shape index (κ1) is 19.5. The van der Waals surface area contributed by atoms with Gasteiger partial charge < -0.3 is 15.2 Å². The van der Waals surface area contributed by atoms with Crippen LogP contribution in [0.3, 0.4) is 0 Å². The third kappa shape index (κ3) is 5.12. The number of urea groups is 1. The average molecular weight is 369 g/mol. The molecule has 0 saturated heterocycles. The van der Waals surface area contributed by atoms with Crippen molar-refractivity contribution >= 4 is 11.7 Å². The third-order valence-electron chi connectivity index (χ3n) is 6.07. The molecule has 0 bridgehead atoms. The van der Waals surface area contributed by atoms with Crippen molar-refractivity contribution in [3.05, 3.63) is 42.5 Å². The normalized spacial score (nSPS) is 22.4. The zero-order chi connectivity index (χ0) is 19.3. The number of imidazole rings is 1. The first-order valence-electron chi connectivity index (χ1n) is 10.1. The zero-order valence-electron chi connectivity index (χ0n) is 16.8. The molecule has 0 spiro atoms. The van der Waals surface area contributed by atoms with Gasteiger partial charge in [-0.1, -0.05) is 39.2 Å². The van der Waals surface area contributed by atoms with E-state index in [2.05, 4.69) is 29.5 Å². The van der Waals surface area contributed by atoms with Crippen LogP contribution in [0, 0.1) is 18.3 Å². The van der Waals surface area contributed by atoms with Gasteiger partial charge in [0, 0.05) is 30.3 Å². The fourth-order valence-corrected chi connectivity index (χ4v) is 4.24. The van der Waals surface area contributed by atoms with Crippen molar-refractivity contribution in [3.8, 4) is 5.69 Å². The van der Waals surface area contributed by atoms with E-state index in [1.807, 2.05) is 42.0 Å². The summed E-state index contributed by atoms with van der Waals surface area (Å²) in [5.74, 6) is 1.65. The van der Waals surface area contributed by atoms with Crippen LogP contribution in [0.15, 0.2) is 36.7 Å². The van der Waals surface area contributed by atoms with Gasteiger partial charge in [0.2, 0.25) is 0 Å². The number of hydrogen-bond acceptors (Lipinski definition) is 2. The Bertz CT molecular complexity index is 769. The van der Waals surface area contributed by atoms with Gasteiger partial charge in [0.25, 0.3) is 0 Å². The van der Waals surface area contributed by atoms with Crippen LogP contribution in [-0.2, 0) is 0 Å². The Morgan fingerprint density at radius 1 is 1.41 bits per heavy atom. The summed E-state index contributed by atoms with van der Waals surface area (Å²) in [6.07, 6.45) is 11.3. The van der Waals surface area contributed by atoms with Gasteiger partial charge in [-0.25, -0.2) is 9.78 Å². The predicted molar refractivity (Wildman–Crippen MR) is 110 cm³/mol. The molecule has 0 aliphatic heterocycles. The quantitative estimate of drug-likeness (QED) is 0.727. The number of carbonyl (C=O) groups is 1. The molecule has 0 radical (unpaired) electrons. The molecular weight excluding hydrogens is 336 g/mol. The van der Waals surface area contributed by atoms with Gasteiger partial charge in [-0.15, -0.1) is 0 Å². The van der Waals surface area contributed by atoms with Crippen molar-refractivity contribution in [2.75, 3.05) is 11.9 Å². The third-order valence-corrected chi connectivity index (χ3v) is 6.07. The second-order valence-electron chi connectivity index (χ2n) is 8.19. The second kappa shape index (κ2) is 8.59. The van der Waals surface area contributed by atoms with Gasteiger partial charge in [0.15, 0.2) is 0 Å². The summed E-state index contributed by atoms with van der Waals surface area (Å²) in [4.78, 5) is 16.5. The van der Waals surface area contributed by atoms with E-state index in [4.69, 9.17) is 0 Å². The minimum atomic E-state index is -0.136. The molecule has 2 atom stereocenters. The van der Waals surface area contributed by atoms with Crippen molar-refractivity contribution in [3.63, 3.8) is 0 Å². The standard InChI is InChI=1S/C22H32N4O/c1-4-22(3)11-6-7-18(16-22)10-12-24-21(27)25-19-8-5-9-20(15-19)26-14-13-23-17(26)2/h5,8-9,13-15,18H,4,6-7,10-12,16H2,1-3H3,(H2,24,25,27). The van der Waals surface area contributed by atoms with Crippen molar-refractivity contribution in [1.29, 1.82) is 0 Å². The van der Waals surface area contributed by atoms with Crippen molar-refractivity contribution in [2.24, 2.45) is 11.3 Å². The van der Waals surface area contributed by atoms with E-state index >= 15 is 0 Å². The van der Waals surface area contributed by atoms with Gasteiger partial charge in [-0.2, -0.15) is 0 Å². The molecule has 1 aromatic heterocycles. The summed E-state index contributed by atoms with van der Waals surface area (Å²) >= 11 is 0. The predicted octanol–water partition coefficient (Wildman–Crippen LogP) is 5.30. The van der Waals surface area contributed by atoms with E-state index in [-0.39, 0.29) is 6.03 Å². The van der Waals surface area contributed by atoms with E-state index < -0.39 is 0 Å². The summed E-state index contributed by atoms with van der Waals surface area (Å²) < 4.78 is 2.00. The summed E-state index contributed by atoms with van der Waals surface area (Å²) in [7, 11) is 0. The average Bonchev–Trinajstić information content (AvgIpc) is 3.08. The smallest absolute Gasteiger partial charge is 0.319 e. The van der Waals surface area contributed by atoms with Gasteiger partial charge in [0.05, 0.1) is 0 Å². The highest BCUT2D eigenvalue weighted by molar-refractivity contribution is 5.89. The molecule has 1 aromatic carbocycles. The maximum atomic E-state index is 12.3. The Labute approximate surface area is 162 Å². The molecule has 1 fully saturated rings. The Kier molecular flexibility index (Phi) is 6.19. The monoisotopic (exact) mass is 368 g/mol. The van der Waals surface area contributed by atoms with Gasteiger partial charge in [0.1, 0.15) is 5.82 Å². The molecule has 2 aromatic rings. The molecule has 5 nitrogen and oxygen atoms in total. The Morgan fingerprint density at radius 2 is 2.26 bits per heavy atom. The molecular formula is C22H32N4O. The number of aryl methyl sites for hydroxylation is 1. The Morgan fingerprint density at radius 3 is 3.00 bits per heavy atom. The Hall–Kier alpha value is -2.30. The molecule has 146 valence electrons. The summed E-state index contributed by atoms with van der Waals surface area (Å²) in [5.41, 5.74) is 2.27. The maximum Gasteiger partial charge on any atom is 0.319 e. The first-order valence-corrected chi connectivity index (χ1v) is 10.1. The Balaban J connectivity index is 1.48. The van der Waals surface area contributed by atoms with Crippen molar-refractivity contribution in [2.45, 2.75) is 59.3 Å². The number of nitrogens with zero attached hydrogens (tertiary/aromatic N) is 2. The van der Waals surface area contributed by atoms with E-state index in [0.29, 0.717) is 5.41 Å². The minimum absolute atomic E-state index is 0.136. The van der Waals surface area contributed by atoms with Crippen LogP contribution in [0.2, 0.25) is 0 Å². The number of amides is 2. The number of anilines is 1. The molecule has 2 unspecified atom stereocenters. The number of benzene rings is 1. The molecule has 2 amide bonds. The summed E-state index contributed by atoms with van der Waals surface area (Å²) in [6, 6.07) is 7.68. The summed E-state index contributed by atoms with van der Waals surface area (Å²) in [5, 5.41) is 5.97.